The number of carbonyl (C=O) groups excluding carboxylic acids is 1. The largest absolute Gasteiger partial charge is 0.294 e. The van der Waals surface area contributed by atoms with Gasteiger partial charge in [-0.05, 0) is 11.8 Å². The van der Waals surface area contributed by atoms with Crippen molar-refractivity contribution in [2.45, 2.75) is 13.8 Å². The first-order chi connectivity index (χ1) is 5.70. The average Bonchev–Trinajstić information content (AvgIpc) is 2.41. The van der Waals surface area contributed by atoms with Gasteiger partial charge in [-0.1, -0.05) is 26.0 Å². The minimum atomic E-state index is 0.346. The van der Waals surface area contributed by atoms with E-state index in [1.165, 1.54) is 4.91 Å². The van der Waals surface area contributed by atoms with E-state index in [4.69, 9.17) is 0 Å². The zero-order valence-electron chi connectivity index (χ0n) is 7.33. The van der Waals surface area contributed by atoms with Crippen LogP contribution in [0.25, 0.3) is 0 Å². The van der Waals surface area contributed by atoms with Crippen LogP contribution in [0.1, 0.15) is 13.8 Å². The molecular formula is C10H12OS. The third-order valence-corrected chi connectivity index (χ3v) is 3.79. The van der Waals surface area contributed by atoms with Crippen molar-refractivity contribution in [2.24, 2.45) is 11.8 Å². The second-order valence-corrected chi connectivity index (χ2v) is 4.51. The molecule has 0 saturated heterocycles. The summed E-state index contributed by atoms with van der Waals surface area (Å²) in [7, 11) is 0. The van der Waals surface area contributed by atoms with Gasteiger partial charge in [0.1, 0.15) is 0 Å². The molecule has 0 N–H and O–H groups in total. The Morgan fingerprint density at radius 3 is 3.00 bits per heavy atom. The summed E-state index contributed by atoms with van der Waals surface area (Å²) >= 11 is 1.68. The number of ketones is 1. The first kappa shape index (κ1) is 8.11. The fraction of sp³-hybridized carbons (Fsp3) is 0.500. The molecule has 2 unspecified atom stereocenters. The van der Waals surface area contributed by atoms with Crippen molar-refractivity contribution in [2.75, 3.05) is 5.75 Å². The number of rotatable bonds is 0. The van der Waals surface area contributed by atoms with Crippen LogP contribution in [0.5, 0.6) is 0 Å². The maximum absolute atomic E-state index is 11.5. The van der Waals surface area contributed by atoms with Crippen molar-refractivity contribution < 1.29 is 4.79 Å². The lowest BCUT2D eigenvalue weighted by Gasteiger charge is -2.21. The van der Waals surface area contributed by atoms with E-state index in [1.54, 1.807) is 11.8 Å². The number of allylic oxidation sites excluding steroid dienone is 3. The third kappa shape index (κ3) is 1.06. The van der Waals surface area contributed by atoms with Gasteiger partial charge in [-0.2, -0.15) is 0 Å². The fourth-order valence-corrected chi connectivity index (χ4v) is 2.79. The van der Waals surface area contributed by atoms with E-state index in [1.807, 2.05) is 0 Å². The summed E-state index contributed by atoms with van der Waals surface area (Å²) in [5.74, 6) is 1.95. The normalized spacial score (nSPS) is 34.3. The van der Waals surface area contributed by atoms with Crippen LogP contribution >= 0.6 is 11.8 Å². The Bertz CT molecular complexity index is 288. The average molecular weight is 180 g/mol. The van der Waals surface area contributed by atoms with Crippen molar-refractivity contribution in [1.82, 2.24) is 0 Å². The van der Waals surface area contributed by atoms with Gasteiger partial charge in [-0.3, -0.25) is 4.79 Å². The topological polar surface area (TPSA) is 17.1 Å². The molecule has 1 aliphatic carbocycles. The van der Waals surface area contributed by atoms with Gasteiger partial charge < -0.3 is 0 Å². The minimum absolute atomic E-state index is 0.346. The van der Waals surface area contributed by atoms with E-state index in [-0.39, 0.29) is 0 Å². The molecule has 1 aliphatic heterocycles. The number of hydrogen-bond acceptors (Lipinski definition) is 2. The Labute approximate surface area is 76.9 Å². The molecule has 0 aromatic carbocycles. The van der Waals surface area contributed by atoms with Crippen LogP contribution in [-0.2, 0) is 4.79 Å². The minimum Gasteiger partial charge on any atom is -0.294 e. The van der Waals surface area contributed by atoms with Crippen LogP contribution in [0, 0.1) is 11.8 Å². The predicted octanol–water partition coefficient (Wildman–Crippen LogP) is 2.40. The van der Waals surface area contributed by atoms with E-state index >= 15 is 0 Å². The van der Waals surface area contributed by atoms with Crippen LogP contribution in [0.3, 0.4) is 0 Å². The molecule has 0 aromatic heterocycles. The molecule has 0 saturated carbocycles. The van der Waals surface area contributed by atoms with Crippen molar-refractivity contribution in [3.05, 3.63) is 22.6 Å². The summed E-state index contributed by atoms with van der Waals surface area (Å²) in [6, 6.07) is 0. The van der Waals surface area contributed by atoms with Gasteiger partial charge >= 0.3 is 0 Å². The van der Waals surface area contributed by atoms with Gasteiger partial charge in [0.2, 0.25) is 0 Å². The molecule has 0 amide bonds. The molecule has 0 spiro atoms. The molecule has 1 heterocycles. The lowest BCUT2D eigenvalue weighted by molar-refractivity contribution is -0.113. The first-order valence-corrected chi connectivity index (χ1v) is 5.27. The first-order valence-electron chi connectivity index (χ1n) is 4.28. The molecule has 64 valence electrons. The number of thioether (sulfide) groups is 1. The predicted molar refractivity (Wildman–Crippen MR) is 52.0 cm³/mol. The molecule has 0 radical (unpaired) electrons. The quantitative estimate of drug-likeness (QED) is 0.569. The molecule has 2 rings (SSSR count). The summed E-state index contributed by atoms with van der Waals surface area (Å²) in [6.07, 6.45) is 4.31. The number of carbonyl (C=O) groups is 1. The Morgan fingerprint density at radius 1 is 1.50 bits per heavy atom. The highest BCUT2D eigenvalue weighted by molar-refractivity contribution is 8.04. The van der Waals surface area contributed by atoms with Crippen molar-refractivity contribution in [3.63, 3.8) is 0 Å². The van der Waals surface area contributed by atoms with Crippen molar-refractivity contribution in [1.29, 1.82) is 0 Å². The smallest absolute Gasteiger partial charge is 0.170 e. The summed E-state index contributed by atoms with van der Waals surface area (Å²) in [6.45, 7) is 4.31. The SMILES string of the molecule is CC1C=CC2=C(C(=O)CS2)C1C. The summed E-state index contributed by atoms with van der Waals surface area (Å²) in [4.78, 5) is 12.7. The number of Topliss-reactive ketones (excluding diaryl/α,β-unsaturated/α-hetero) is 1. The molecule has 2 atom stereocenters. The van der Waals surface area contributed by atoms with E-state index in [0.717, 1.165) is 5.57 Å². The van der Waals surface area contributed by atoms with Gasteiger partial charge in [0.25, 0.3) is 0 Å². The van der Waals surface area contributed by atoms with Gasteiger partial charge in [0.15, 0.2) is 5.78 Å². The Kier molecular flexibility index (Phi) is 1.87. The molecule has 0 fully saturated rings. The van der Waals surface area contributed by atoms with Crippen LogP contribution in [0.4, 0.5) is 0 Å². The zero-order valence-corrected chi connectivity index (χ0v) is 8.15. The van der Waals surface area contributed by atoms with E-state index in [0.29, 0.717) is 23.4 Å². The number of hydrogen-bond donors (Lipinski definition) is 0. The lowest BCUT2D eigenvalue weighted by atomic mass is 9.83. The highest BCUT2D eigenvalue weighted by Gasteiger charge is 2.31. The maximum Gasteiger partial charge on any atom is 0.170 e. The lowest BCUT2D eigenvalue weighted by Crippen LogP contribution is -2.17. The third-order valence-electron chi connectivity index (χ3n) is 2.72. The van der Waals surface area contributed by atoms with E-state index in [2.05, 4.69) is 26.0 Å². The zero-order chi connectivity index (χ0) is 8.72. The van der Waals surface area contributed by atoms with Gasteiger partial charge in [0.05, 0.1) is 5.75 Å². The molecular weight excluding hydrogens is 168 g/mol. The van der Waals surface area contributed by atoms with Gasteiger partial charge in [-0.25, -0.2) is 0 Å². The highest BCUT2D eigenvalue weighted by atomic mass is 32.2. The standard InChI is InChI=1S/C10H12OS/c1-6-3-4-9-10(7(6)2)8(11)5-12-9/h3-4,6-7H,5H2,1-2H3. The van der Waals surface area contributed by atoms with Crippen LogP contribution in [0.2, 0.25) is 0 Å². The molecule has 0 bridgehead atoms. The molecule has 1 nitrogen and oxygen atoms in total. The van der Waals surface area contributed by atoms with Crippen molar-refractivity contribution >= 4 is 17.5 Å². The van der Waals surface area contributed by atoms with E-state index in [9.17, 15) is 4.79 Å². The van der Waals surface area contributed by atoms with Crippen LogP contribution < -0.4 is 0 Å². The molecule has 12 heavy (non-hydrogen) atoms. The Hall–Kier alpha value is -0.500. The summed E-state index contributed by atoms with van der Waals surface area (Å²) in [5.41, 5.74) is 1.08. The van der Waals surface area contributed by atoms with Crippen LogP contribution in [0.15, 0.2) is 22.6 Å². The highest BCUT2D eigenvalue weighted by Crippen LogP contribution is 2.40. The van der Waals surface area contributed by atoms with Crippen LogP contribution in [-0.4, -0.2) is 11.5 Å². The fourth-order valence-electron chi connectivity index (χ4n) is 1.72. The van der Waals surface area contributed by atoms with Gasteiger partial charge in [0, 0.05) is 10.5 Å². The van der Waals surface area contributed by atoms with E-state index < -0.39 is 0 Å². The summed E-state index contributed by atoms with van der Waals surface area (Å²) < 4.78 is 0. The monoisotopic (exact) mass is 180 g/mol. The Balaban J connectivity index is 2.40. The molecule has 2 heteroatoms. The maximum atomic E-state index is 11.5. The second-order valence-electron chi connectivity index (χ2n) is 3.50. The van der Waals surface area contributed by atoms with Gasteiger partial charge in [-0.15, -0.1) is 11.8 Å². The van der Waals surface area contributed by atoms with Crippen molar-refractivity contribution in [3.8, 4) is 0 Å². The molecule has 2 aliphatic rings. The second kappa shape index (κ2) is 2.77. The molecule has 0 aromatic rings. The Morgan fingerprint density at radius 2 is 2.25 bits per heavy atom. The summed E-state index contributed by atoms with van der Waals surface area (Å²) in [5, 5.41) is 0.